The van der Waals surface area contributed by atoms with E-state index < -0.39 is 46.8 Å². The van der Waals surface area contributed by atoms with E-state index in [1.807, 2.05) is 12.1 Å². The molecule has 6 heterocycles. The zero-order valence-electron chi connectivity index (χ0n) is 41.6. The fraction of sp³-hybridized carbons (Fsp3) is 0.304. The van der Waals surface area contributed by atoms with E-state index in [0.717, 1.165) is 69.2 Å². The number of hydrogen-bond acceptors (Lipinski definition) is 14. The van der Waals surface area contributed by atoms with Crippen LogP contribution in [0.5, 0.6) is 17.2 Å². The number of piperazine rings is 1. The molecule has 20 heteroatoms. The Bertz CT molecular complexity index is 3300. The van der Waals surface area contributed by atoms with Gasteiger partial charge in [-0.2, -0.15) is 0 Å². The Morgan fingerprint density at radius 3 is 2.11 bits per heavy atom. The zero-order chi connectivity index (χ0) is 52.7. The summed E-state index contributed by atoms with van der Waals surface area (Å²) < 4.78 is 25.3. The highest BCUT2D eigenvalue weighted by atomic mass is 19.1. The second kappa shape index (κ2) is 20.5. The van der Waals surface area contributed by atoms with Gasteiger partial charge in [-0.1, -0.05) is 6.58 Å². The summed E-state index contributed by atoms with van der Waals surface area (Å²) in [5, 5.41) is 20.5. The van der Waals surface area contributed by atoms with Gasteiger partial charge in [-0.15, -0.1) is 10.2 Å². The Hall–Kier alpha value is -8.78. The van der Waals surface area contributed by atoms with Crippen LogP contribution in [0.25, 0.3) is 10.9 Å². The molecule has 2 aromatic heterocycles. The first-order valence-electron chi connectivity index (χ1n) is 25.3. The molecule has 4 fully saturated rings. The number of amides is 6. The lowest BCUT2D eigenvalue weighted by molar-refractivity contribution is -0.131. The van der Waals surface area contributed by atoms with Crippen LogP contribution in [0, 0.1) is 17.2 Å². The first kappa shape index (κ1) is 49.4. The maximum atomic E-state index is 13.5. The van der Waals surface area contributed by atoms with Crippen LogP contribution >= 0.6 is 0 Å². The van der Waals surface area contributed by atoms with E-state index in [2.05, 4.69) is 57.7 Å². The Balaban J connectivity index is 0.644. The average molecular weight is 1030 g/mol. The molecule has 6 aromatic rings. The summed E-state index contributed by atoms with van der Waals surface area (Å²) in [6, 6.07) is 25.2. The number of allylic oxidation sites excluding steroid dienone is 1. The molecule has 0 bridgehead atoms. The van der Waals surface area contributed by atoms with Gasteiger partial charge in [-0.05, 0) is 142 Å². The lowest BCUT2D eigenvalue weighted by Gasteiger charge is -2.39. The van der Waals surface area contributed by atoms with E-state index in [-0.39, 0.29) is 11.6 Å². The SMILES string of the molecule is C=C1CCC(N2C(=O)c3ccc(N4CCN(CC5CCN(c6ccc(C(=O)Nc7cc8nccc(Oc9ccc(NC(=O)C%10(C(=O)Nc%11ccc(F)cc%11)CC%10)cc9)c8cc7OC)nn6)CC5)CC4)cc3C2=O)C(=O)N1. The molecule has 5 aliphatic rings. The number of anilines is 5. The number of carbonyl (C=O) groups excluding carboxylic acids is 6. The minimum atomic E-state index is -1.21. The van der Waals surface area contributed by atoms with E-state index in [4.69, 9.17) is 9.47 Å². The van der Waals surface area contributed by atoms with Crippen LogP contribution in [0.1, 0.15) is 69.7 Å². The molecule has 1 aliphatic carbocycles. The van der Waals surface area contributed by atoms with Gasteiger partial charge in [0.2, 0.25) is 17.7 Å². The molecule has 0 radical (unpaired) electrons. The Kier molecular flexibility index (Phi) is 13.3. The number of nitrogens with zero attached hydrogens (tertiary/aromatic N) is 7. The Labute approximate surface area is 436 Å². The lowest BCUT2D eigenvalue weighted by Crippen LogP contribution is -2.51. The summed E-state index contributed by atoms with van der Waals surface area (Å²) in [4.78, 5) is 91.7. The van der Waals surface area contributed by atoms with Crippen molar-refractivity contribution in [2.75, 3.05) is 78.7 Å². The van der Waals surface area contributed by atoms with Crippen molar-refractivity contribution in [2.24, 2.45) is 11.3 Å². The Morgan fingerprint density at radius 2 is 1.45 bits per heavy atom. The average Bonchev–Trinajstić information content (AvgIpc) is 4.24. The quantitative estimate of drug-likeness (QED) is 0.0638. The minimum absolute atomic E-state index is 0.132. The van der Waals surface area contributed by atoms with Gasteiger partial charge < -0.3 is 40.5 Å². The summed E-state index contributed by atoms with van der Waals surface area (Å²) in [7, 11) is 1.50. The number of fused-ring (bicyclic) bond motifs is 2. The third kappa shape index (κ3) is 9.97. The van der Waals surface area contributed by atoms with Crippen LogP contribution in [0.4, 0.5) is 33.0 Å². The van der Waals surface area contributed by atoms with E-state index in [1.165, 1.54) is 31.4 Å². The number of methoxy groups -OCH3 is 1. The van der Waals surface area contributed by atoms with Crippen molar-refractivity contribution in [1.82, 2.24) is 30.3 Å². The van der Waals surface area contributed by atoms with Gasteiger partial charge in [0.05, 0.1) is 29.4 Å². The summed E-state index contributed by atoms with van der Waals surface area (Å²) >= 11 is 0. The standard InChI is InChI=1S/C56H54FN11O8/c1-33-3-15-46(51(70)59-33)68-52(71)40-13-10-38(29-41(40)53(68)72)66-27-25-65(26-28-66)32-34-18-23-67(24-19-34)49-16-14-43(63-64-49)50(69)62-45-31-44-42(30-48(45)75-2)47(17-22-58-44)76-39-11-8-37(9-12-39)61-55(74)56(20-21-56)54(73)60-36-6-4-35(57)5-7-36/h4-14,16-17,22,29-31,34,46H,1,3,15,18-21,23-28,32H2,2H3,(H,59,70)(H,60,73)(H,61,74)(H,62,69). The van der Waals surface area contributed by atoms with Crippen molar-refractivity contribution in [3.8, 4) is 17.2 Å². The largest absolute Gasteiger partial charge is 0.495 e. The lowest BCUT2D eigenvalue weighted by atomic mass is 9.96. The van der Waals surface area contributed by atoms with Gasteiger partial charge in [0.1, 0.15) is 34.5 Å². The number of pyridine rings is 1. The molecule has 6 amide bonds. The molecular weight excluding hydrogens is 974 g/mol. The zero-order valence-corrected chi connectivity index (χ0v) is 41.6. The molecule has 19 nitrogen and oxygen atoms in total. The highest BCUT2D eigenvalue weighted by Gasteiger charge is 2.56. The summed E-state index contributed by atoms with van der Waals surface area (Å²) in [6.45, 7) is 9.68. The van der Waals surface area contributed by atoms with Crippen molar-refractivity contribution in [2.45, 2.75) is 44.6 Å². The van der Waals surface area contributed by atoms with Crippen molar-refractivity contribution in [3.05, 3.63) is 138 Å². The number of halogens is 1. The first-order chi connectivity index (χ1) is 36.8. The smallest absolute Gasteiger partial charge is 0.276 e. The van der Waals surface area contributed by atoms with Crippen LogP contribution in [0.15, 0.2) is 116 Å². The molecule has 4 aromatic carbocycles. The van der Waals surface area contributed by atoms with Crippen LogP contribution < -0.4 is 40.5 Å². The van der Waals surface area contributed by atoms with Crippen molar-refractivity contribution in [1.29, 1.82) is 0 Å². The number of hydrogen-bond donors (Lipinski definition) is 4. The topological polar surface area (TPSA) is 221 Å². The van der Waals surface area contributed by atoms with Crippen LogP contribution in [0.3, 0.4) is 0 Å². The van der Waals surface area contributed by atoms with E-state index in [1.54, 1.807) is 66.9 Å². The van der Waals surface area contributed by atoms with E-state index in [0.29, 0.717) is 99.5 Å². The summed E-state index contributed by atoms with van der Waals surface area (Å²) in [6.07, 6.45) is 5.22. The van der Waals surface area contributed by atoms with Crippen molar-refractivity contribution in [3.63, 3.8) is 0 Å². The van der Waals surface area contributed by atoms with Gasteiger partial charge in [0.15, 0.2) is 11.5 Å². The Morgan fingerprint density at radius 1 is 0.750 bits per heavy atom. The molecule has 11 rings (SSSR count). The predicted octanol–water partition coefficient (Wildman–Crippen LogP) is 7.00. The maximum Gasteiger partial charge on any atom is 0.276 e. The number of benzene rings is 4. The number of rotatable bonds is 14. The van der Waals surface area contributed by atoms with Crippen LogP contribution in [0.2, 0.25) is 0 Å². The van der Waals surface area contributed by atoms with Crippen LogP contribution in [-0.4, -0.2) is 119 Å². The third-order valence-corrected chi connectivity index (χ3v) is 14.9. The molecule has 1 atom stereocenters. The number of imide groups is 1. The molecule has 0 spiro atoms. The molecule has 1 saturated carbocycles. The van der Waals surface area contributed by atoms with Crippen molar-refractivity contribution >= 4 is 74.9 Å². The summed E-state index contributed by atoms with van der Waals surface area (Å²) in [5.41, 5.74) is 2.87. The van der Waals surface area contributed by atoms with E-state index >= 15 is 0 Å². The molecule has 3 saturated heterocycles. The van der Waals surface area contributed by atoms with Gasteiger partial charge in [-0.3, -0.25) is 43.6 Å². The molecule has 1 unspecified atom stereocenters. The third-order valence-electron chi connectivity index (χ3n) is 14.9. The maximum absolute atomic E-state index is 13.5. The van der Waals surface area contributed by atoms with Gasteiger partial charge >= 0.3 is 0 Å². The van der Waals surface area contributed by atoms with Gasteiger partial charge in [-0.25, -0.2) is 4.39 Å². The molecular formula is C56H54FN11O8. The van der Waals surface area contributed by atoms with Gasteiger partial charge in [0.25, 0.3) is 17.7 Å². The highest BCUT2D eigenvalue weighted by molar-refractivity contribution is 6.23. The second-order valence-corrected chi connectivity index (χ2v) is 19.8. The summed E-state index contributed by atoms with van der Waals surface area (Å²) in [5.74, 6) is -0.499. The fourth-order valence-electron chi connectivity index (χ4n) is 10.4. The number of aromatic nitrogens is 3. The molecule has 4 aliphatic heterocycles. The fourth-order valence-corrected chi connectivity index (χ4v) is 10.4. The first-order valence-corrected chi connectivity index (χ1v) is 25.3. The molecule has 388 valence electrons. The second-order valence-electron chi connectivity index (χ2n) is 19.8. The molecule has 4 N–H and O–H groups in total. The monoisotopic (exact) mass is 1030 g/mol. The number of ether oxygens (including phenoxy) is 2. The molecule has 76 heavy (non-hydrogen) atoms. The van der Waals surface area contributed by atoms with Crippen LogP contribution in [-0.2, 0) is 14.4 Å². The number of nitrogens with one attached hydrogen (secondary N) is 4. The van der Waals surface area contributed by atoms with Crippen molar-refractivity contribution < 1.29 is 42.6 Å². The number of piperidine rings is 2. The highest BCUT2D eigenvalue weighted by Crippen LogP contribution is 2.48. The predicted molar refractivity (Wildman–Crippen MR) is 281 cm³/mol. The van der Waals surface area contributed by atoms with E-state index in [9.17, 15) is 33.2 Å². The van der Waals surface area contributed by atoms with Gasteiger partial charge in [0, 0.05) is 80.2 Å². The number of carbonyl (C=O) groups is 6. The minimum Gasteiger partial charge on any atom is -0.495 e. The normalized spacial score (nSPS) is 18.5.